The van der Waals surface area contributed by atoms with Crippen molar-refractivity contribution in [2.75, 3.05) is 5.32 Å². The summed E-state index contributed by atoms with van der Waals surface area (Å²) in [5.41, 5.74) is 1.60. The molecule has 2 N–H and O–H groups in total. The lowest BCUT2D eigenvalue weighted by Gasteiger charge is -2.08. The number of rotatable bonds is 4. The number of nitrogens with zero attached hydrogens (tertiary/aromatic N) is 2. The maximum Gasteiger partial charge on any atom is 0.337 e. The van der Waals surface area contributed by atoms with E-state index in [2.05, 4.69) is 10.3 Å². The van der Waals surface area contributed by atoms with Crippen LogP contribution in [0, 0.1) is 11.3 Å². The van der Waals surface area contributed by atoms with E-state index in [1.54, 1.807) is 12.1 Å². The van der Waals surface area contributed by atoms with E-state index in [0.29, 0.717) is 17.9 Å². The van der Waals surface area contributed by atoms with Crippen LogP contribution in [0.1, 0.15) is 21.5 Å². The Morgan fingerprint density at radius 1 is 1.40 bits per heavy atom. The predicted molar refractivity (Wildman–Crippen MR) is 74.7 cm³/mol. The molecule has 0 radical (unpaired) electrons. The van der Waals surface area contributed by atoms with Crippen LogP contribution in [0.15, 0.2) is 36.5 Å². The normalized spacial score (nSPS) is 9.80. The molecule has 0 unspecified atom stereocenters. The molecule has 0 bridgehead atoms. The molecule has 1 heterocycles. The first-order chi connectivity index (χ1) is 9.60. The molecule has 1 aromatic heterocycles. The lowest BCUT2D eigenvalue weighted by molar-refractivity contribution is 0.0696. The highest BCUT2D eigenvalue weighted by Gasteiger charge is 2.08. The molecule has 100 valence electrons. The topological polar surface area (TPSA) is 86.0 Å². The van der Waals surface area contributed by atoms with Crippen molar-refractivity contribution in [3.05, 3.63) is 58.2 Å². The fourth-order valence-corrected chi connectivity index (χ4v) is 1.80. The number of pyridine rings is 1. The molecule has 2 aromatic rings. The zero-order valence-electron chi connectivity index (χ0n) is 10.3. The minimum Gasteiger partial charge on any atom is -0.478 e. The summed E-state index contributed by atoms with van der Waals surface area (Å²) in [4.78, 5) is 14.7. The Morgan fingerprint density at radius 3 is 2.65 bits per heavy atom. The Morgan fingerprint density at radius 2 is 2.10 bits per heavy atom. The Balaban J connectivity index is 2.07. The third-order valence-electron chi connectivity index (χ3n) is 2.63. The van der Waals surface area contributed by atoms with Crippen LogP contribution in [0.2, 0.25) is 5.02 Å². The highest BCUT2D eigenvalue weighted by atomic mass is 35.5. The average molecular weight is 288 g/mol. The fourth-order valence-electron chi connectivity index (χ4n) is 1.57. The van der Waals surface area contributed by atoms with Gasteiger partial charge in [0.05, 0.1) is 22.2 Å². The summed E-state index contributed by atoms with van der Waals surface area (Å²) < 4.78 is 0. The summed E-state index contributed by atoms with van der Waals surface area (Å²) in [7, 11) is 0. The fraction of sp³-hybridized carbons (Fsp3) is 0.0714. The van der Waals surface area contributed by atoms with E-state index < -0.39 is 5.97 Å². The average Bonchev–Trinajstić information content (AvgIpc) is 2.46. The van der Waals surface area contributed by atoms with Crippen molar-refractivity contribution in [2.24, 2.45) is 0 Å². The first-order valence-corrected chi connectivity index (χ1v) is 6.09. The number of carboxylic acid groups (broad SMARTS) is 1. The molecule has 0 saturated heterocycles. The van der Waals surface area contributed by atoms with Gasteiger partial charge in [-0.05, 0) is 23.8 Å². The zero-order valence-corrected chi connectivity index (χ0v) is 11.1. The number of benzene rings is 1. The van der Waals surface area contributed by atoms with Gasteiger partial charge in [0.2, 0.25) is 0 Å². The van der Waals surface area contributed by atoms with Crippen molar-refractivity contribution >= 4 is 23.4 Å². The standard InChI is InChI=1S/C14H10ClN3O2/c15-12-5-11(14(19)20)8-18-13(12)17-7-10-3-1-9(6-16)2-4-10/h1-5,8H,7H2,(H,17,18)(H,19,20). The van der Waals surface area contributed by atoms with Gasteiger partial charge in [0, 0.05) is 12.7 Å². The summed E-state index contributed by atoms with van der Waals surface area (Å²) in [5.74, 6) is -0.654. The van der Waals surface area contributed by atoms with Crippen molar-refractivity contribution in [2.45, 2.75) is 6.54 Å². The van der Waals surface area contributed by atoms with Gasteiger partial charge >= 0.3 is 5.97 Å². The molecule has 0 aliphatic rings. The molecule has 5 nitrogen and oxygen atoms in total. The van der Waals surface area contributed by atoms with E-state index >= 15 is 0 Å². The number of aromatic nitrogens is 1. The maximum atomic E-state index is 10.8. The van der Waals surface area contributed by atoms with Gasteiger partial charge in [0.15, 0.2) is 0 Å². The molecule has 1 aromatic carbocycles. The minimum absolute atomic E-state index is 0.0407. The van der Waals surface area contributed by atoms with Gasteiger partial charge in [-0.3, -0.25) is 0 Å². The molecule has 0 spiro atoms. The maximum absolute atomic E-state index is 10.8. The summed E-state index contributed by atoms with van der Waals surface area (Å²) in [6, 6.07) is 10.5. The van der Waals surface area contributed by atoms with Crippen LogP contribution in [0.4, 0.5) is 5.82 Å². The largest absolute Gasteiger partial charge is 0.478 e. The van der Waals surface area contributed by atoms with E-state index in [1.807, 2.05) is 18.2 Å². The van der Waals surface area contributed by atoms with Crippen molar-refractivity contribution in [3.63, 3.8) is 0 Å². The molecule has 2 rings (SSSR count). The molecule has 0 atom stereocenters. The first-order valence-electron chi connectivity index (χ1n) is 5.72. The highest BCUT2D eigenvalue weighted by molar-refractivity contribution is 6.33. The van der Waals surface area contributed by atoms with Crippen molar-refractivity contribution in [3.8, 4) is 6.07 Å². The van der Waals surface area contributed by atoms with E-state index in [1.165, 1.54) is 12.3 Å². The van der Waals surface area contributed by atoms with Crippen LogP contribution in [0.25, 0.3) is 0 Å². The molecule has 0 saturated carbocycles. The highest BCUT2D eigenvalue weighted by Crippen LogP contribution is 2.20. The molecule has 0 aliphatic carbocycles. The quantitative estimate of drug-likeness (QED) is 0.903. The second-order valence-electron chi connectivity index (χ2n) is 4.02. The zero-order chi connectivity index (χ0) is 14.5. The second kappa shape index (κ2) is 6.04. The Kier molecular flexibility index (Phi) is 4.18. The number of anilines is 1. The van der Waals surface area contributed by atoms with Crippen LogP contribution in [-0.4, -0.2) is 16.1 Å². The molecule has 0 fully saturated rings. The number of hydrogen-bond acceptors (Lipinski definition) is 4. The second-order valence-corrected chi connectivity index (χ2v) is 4.43. The Labute approximate surface area is 120 Å². The van der Waals surface area contributed by atoms with Crippen LogP contribution < -0.4 is 5.32 Å². The number of carbonyl (C=O) groups is 1. The Bertz CT molecular complexity index is 678. The smallest absolute Gasteiger partial charge is 0.337 e. The van der Waals surface area contributed by atoms with Crippen molar-refractivity contribution in [1.29, 1.82) is 5.26 Å². The molecule has 6 heteroatoms. The summed E-state index contributed by atoms with van der Waals surface area (Å²) in [6.45, 7) is 0.477. The Hall–Kier alpha value is -2.58. The number of nitriles is 1. The van der Waals surface area contributed by atoms with E-state index in [-0.39, 0.29) is 10.6 Å². The van der Waals surface area contributed by atoms with Crippen molar-refractivity contribution < 1.29 is 9.90 Å². The number of carboxylic acids is 1. The van der Waals surface area contributed by atoms with Gasteiger partial charge < -0.3 is 10.4 Å². The number of hydrogen-bond donors (Lipinski definition) is 2. The van der Waals surface area contributed by atoms with Crippen LogP contribution >= 0.6 is 11.6 Å². The molecular weight excluding hydrogens is 278 g/mol. The minimum atomic E-state index is -1.07. The van der Waals surface area contributed by atoms with E-state index in [4.69, 9.17) is 22.0 Å². The lowest BCUT2D eigenvalue weighted by atomic mass is 10.1. The van der Waals surface area contributed by atoms with Crippen molar-refractivity contribution in [1.82, 2.24) is 4.98 Å². The van der Waals surface area contributed by atoms with Gasteiger partial charge in [-0.1, -0.05) is 23.7 Å². The van der Waals surface area contributed by atoms with Gasteiger partial charge in [-0.25, -0.2) is 9.78 Å². The molecular formula is C14H10ClN3O2. The lowest BCUT2D eigenvalue weighted by Crippen LogP contribution is -2.04. The van der Waals surface area contributed by atoms with Gasteiger partial charge in [0.1, 0.15) is 5.82 Å². The van der Waals surface area contributed by atoms with Gasteiger partial charge in [0.25, 0.3) is 0 Å². The third-order valence-corrected chi connectivity index (χ3v) is 2.92. The first kappa shape index (κ1) is 13.8. The van der Waals surface area contributed by atoms with Gasteiger partial charge in [-0.2, -0.15) is 5.26 Å². The van der Waals surface area contributed by atoms with E-state index in [0.717, 1.165) is 5.56 Å². The monoisotopic (exact) mass is 287 g/mol. The number of nitrogens with one attached hydrogen (secondary N) is 1. The van der Waals surface area contributed by atoms with Crippen LogP contribution in [0.5, 0.6) is 0 Å². The van der Waals surface area contributed by atoms with Gasteiger partial charge in [-0.15, -0.1) is 0 Å². The van der Waals surface area contributed by atoms with Crippen LogP contribution in [-0.2, 0) is 6.54 Å². The molecule has 20 heavy (non-hydrogen) atoms. The summed E-state index contributed by atoms with van der Waals surface area (Å²) in [5, 5.41) is 20.8. The van der Waals surface area contributed by atoms with E-state index in [9.17, 15) is 4.79 Å². The molecule has 0 amide bonds. The summed E-state index contributed by atoms with van der Waals surface area (Å²) >= 11 is 5.96. The SMILES string of the molecule is N#Cc1ccc(CNc2ncc(C(=O)O)cc2Cl)cc1. The molecule has 0 aliphatic heterocycles. The number of halogens is 1. The third kappa shape index (κ3) is 3.25. The number of aromatic carboxylic acids is 1. The van der Waals surface area contributed by atoms with Crippen LogP contribution in [0.3, 0.4) is 0 Å². The summed E-state index contributed by atoms with van der Waals surface area (Å²) in [6.07, 6.45) is 1.25. The predicted octanol–water partition coefficient (Wildman–Crippen LogP) is 2.92.